The van der Waals surface area contributed by atoms with Crippen LogP contribution in [0.3, 0.4) is 0 Å². The monoisotopic (exact) mass is 228 g/mol. The number of nitrogens with two attached hydrogens (primary N) is 1. The van der Waals surface area contributed by atoms with Gasteiger partial charge in [0.2, 0.25) is 5.91 Å². The second-order valence-electron chi connectivity index (χ2n) is 4.66. The summed E-state index contributed by atoms with van der Waals surface area (Å²) in [5.74, 6) is 0.0364. The molecule has 1 aliphatic heterocycles. The van der Waals surface area contributed by atoms with Crippen LogP contribution in [0.15, 0.2) is 0 Å². The van der Waals surface area contributed by atoms with Crippen LogP contribution in [0.4, 0.5) is 0 Å². The van der Waals surface area contributed by atoms with Gasteiger partial charge in [-0.2, -0.15) is 0 Å². The van der Waals surface area contributed by atoms with Crippen LogP contribution < -0.4 is 5.73 Å². The lowest BCUT2D eigenvalue weighted by Gasteiger charge is -2.28. The van der Waals surface area contributed by atoms with Crippen LogP contribution >= 0.6 is 0 Å². The summed E-state index contributed by atoms with van der Waals surface area (Å²) in [4.78, 5) is 14.0. The largest absolute Gasteiger partial charge is 0.376 e. The number of hydrogen-bond donors (Lipinski definition) is 1. The lowest BCUT2D eigenvalue weighted by atomic mass is 10.0. The molecule has 1 fully saturated rings. The fourth-order valence-corrected chi connectivity index (χ4v) is 1.92. The molecule has 0 spiro atoms. The number of likely N-dealkylation sites (N-methyl/N-ethyl adjacent to an activating group) is 1. The van der Waals surface area contributed by atoms with E-state index in [2.05, 4.69) is 0 Å². The van der Waals surface area contributed by atoms with Gasteiger partial charge in [-0.15, -0.1) is 0 Å². The Labute approximate surface area is 98.1 Å². The van der Waals surface area contributed by atoms with Gasteiger partial charge in [0, 0.05) is 25.7 Å². The van der Waals surface area contributed by atoms with Gasteiger partial charge in [-0.25, -0.2) is 0 Å². The van der Waals surface area contributed by atoms with Crippen LogP contribution in [-0.4, -0.2) is 42.6 Å². The third kappa shape index (κ3) is 3.46. The number of carbonyl (C=O) groups excluding carboxylic acids is 1. The van der Waals surface area contributed by atoms with Crippen molar-refractivity contribution in [1.82, 2.24) is 4.90 Å². The molecular weight excluding hydrogens is 204 g/mol. The molecule has 3 atom stereocenters. The maximum absolute atomic E-state index is 12.1. The highest BCUT2D eigenvalue weighted by atomic mass is 16.5. The van der Waals surface area contributed by atoms with Crippen LogP contribution in [-0.2, 0) is 9.53 Å². The van der Waals surface area contributed by atoms with E-state index in [-0.39, 0.29) is 24.0 Å². The first-order chi connectivity index (χ1) is 7.56. The normalized spacial score (nSPS) is 24.1. The average molecular weight is 228 g/mol. The lowest BCUT2D eigenvalue weighted by Crippen LogP contribution is -2.44. The van der Waals surface area contributed by atoms with Gasteiger partial charge in [-0.3, -0.25) is 4.79 Å². The smallest absolute Gasteiger partial charge is 0.227 e. The molecule has 4 heteroatoms. The molecule has 0 aliphatic carbocycles. The van der Waals surface area contributed by atoms with Crippen LogP contribution in [0, 0.1) is 5.92 Å². The first-order valence-corrected chi connectivity index (χ1v) is 6.22. The Morgan fingerprint density at radius 3 is 2.69 bits per heavy atom. The number of carbonyl (C=O) groups is 1. The van der Waals surface area contributed by atoms with Crippen molar-refractivity contribution in [2.75, 3.05) is 19.7 Å². The second-order valence-corrected chi connectivity index (χ2v) is 4.66. The Hall–Kier alpha value is -0.610. The molecule has 3 unspecified atom stereocenters. The van der Waals surface area contributed by atoms with E-state index < -0.39 is 0 Å². The zero-order chi connectivity index (χ0) is 12.1. The molecule has 0 saturated carbocycles. The topological polar surface area (TPSA) is 55.6 Å². The van der Waals surface area contributed by atoms with Crippen LogP contribution in [0.1, 0.15) is 33.6 Å². The zero-order valence-electron chi connectivity index (χ0n) is 10.6. The van der Waals surface area contributed by atoms with E-state index in [1.165, 1.54) is 0 Å². The highest BCUT2D eigenvalue weighted by Gasteiger charge is 2.26. The minimum atomic E-state index is -0.110. The maximum Gasteiger partial charge on any atom is 0.227 e. The first-order valence-electron chi connectivity index (χ1n) is 6.22. The van der Waals surface area contributed by atoms with E-state index in [1.807, 2.05) is 25.7 Å². The van der Waals surface area contributed by atoms with Gasteiger partial charge < -0.3 is 15.4 Å². The summed E-state index contributed by atoms with van der Waals surface area (Å²) < 4.78 is 5.55. The van der Waals surface area contributed by atoms with Crippen molar-refractivity contribution in [3.05, 3.63) is 0 Å². The minimum absolute atomic E-state index is 0.0916. The SMILES string of the molecule is CCN(CC1CCCO1)C(=O)C(C)C(C)N. The van der Waals surface area contributed by atoms with E-state index >= 15 is 0 Å². The number of ether oxygens (including phenoxy) is 1. The van der Waals surface area contributed by atoms with E-state index in [0.29, 0.717) is 6.54 Å². The van der Waals surface area contributed by atoms with Gasteiger partial charge in [0.25, 0.3) is 0 Å². The molecule has 4 nitrogen and oxygen atoms in total. The molecular formula is C12H24N2O2. The molecule has 0 radical (unpaired) electrons. The van der Waals surface area contributed by atoms with Gasteiger partial charge in [-0.1, -0.05) is 6.92 Å². The lowest BCUT2D eigenvalue weighted by molar-refractivity contribution is -0.136. The second kappa shape index (κ2) is 6.21. The summed E-state index contributed by atoms with van der Waals surface area (Å²) in [7, 11) is 0. The molecule has 94 valence electrons. The predicted octanol–water partition coefficient (Wildman–Crippen LogP) is 0.997. The van der Waals surface area contributed by atoms with E-state index in [0.717, 1.165) is 26.0 Å². The van der Waals surface area contributed by atoms with Crippen molar-refractivity contribution in [2.24, 2.45) is 11.7 Å². The Kier molecular flexibility index (Phi) is 5.22. The molecule has 0 aromatic rings. The van der Waals surface area contributed by atoms with Crippen molar-refractivity contribution in [3.63, 3.8) is 0 Å². The molecule has 1 amide bonds. The standard InChI is InChI=1S/C12H24N2O2/c1-4-14(8-11-6-5-7-16-11)12(15)9(2)10(3)13/h9-11H,4-8,13H2,1-3H3. The maximum atomic E-state index is 12.1. The van der Waals surface area contributed by atoms with Gasteiger partial charge in [0.1, 0.15) is 0 Å². The van der Waals surface area contributed by atoms with Crippen molar-refractivity contribution < 1.29 is 9.53 Å². The summed E-state index contributed by atoms with van der Waals surface area (Å²) in [6, 6.07) is -0.0916. The van der Waals surface area contributed by atoms with Crippen molar-refractivity contribution in [2.45, 2.75) is 45.8 Å². The summed E-state index contributed by atoms with van der Waals surface area (Å²) in [6.07, 6.45) is 2.40. The molecule has 0 bridgehead atoms. The van der Waals surface area contributed by atoms with E-state index in [1.54, 1.807) is 0 Å². The summed E-state index contributed by atoms with van der Waals surface area (Å²) in [5.41, 5.74) is 5.76. The van der Waals surface area contributed by atoms with Crippen molar-refractivity contribution in [1.29, 1.82) is 0 Å². The third-order valence-electron chi connectivity index (χ3n) is 3.32. The third-order valence-corrected chi connectivity index (χ3v) is 3.32. The van der Waals surface area contributed by atoms with Gasteiger partial charge in [-0.05, 0) is 26.7 Å². The highest BCUT2D eigenvalue weighted by Crippen LogP contribution is 2.15. The number of hydrogen-bond acceptors (Lipinski definition) is 3. The Morgan fingerprint density at radius 2 is 2.25 bits per heavy atom. The fourth-order valence-electron chi connectivity index (χ4n) is 1.92. The number of rotatable bonds is 5. The number of nitrogens with zero attached hydrogens (tertiary/aromatic N) is 1. The van der Waals surface area contributed by atoms with Gasteiger partial charge in [0.15, 0.2) is 0 Å². The Morgan fingerprint density at radius 1 is 1.56 bits per heavy atom. The number of amides is 1. The van der Waals surface area contributed by atoms with E-state index in [4.69, 9.17) is 10.5 Å². The predicted molar refractivity (Wildman–Crippen MR) is 64.0 cm³/mol. The van der Waals surface area contributed by atoms with Crippen molar-refractivity contribution >= 4 is 5.91 Å². The minimum Gasteiger partial charge on any atom is -0.376 e. The van der Waals surface area contributed by atoms with Crippen LogP contribution in [0.25, 0.3) is 0 Å². The summed E-state index contributed by atoms with van der Waals surface area (Å²) in [5, 5.41) is 0. The molecule has 2 N–H and O–H groups in total. The molecule has 16 heavy (non-hydrogen) atoms. The summed E-state index contributed by atoms with van der Waals surface area (Å²) in [6.45, 7) is 8.05. The molecule has 1 rings (SSSR count). The van der Waals surface area contributed by atoms with Gasteiger partial charge >= 0.3 is 0 Å². The first kappa shape index (κ1) is 13.5. The zero-order valence-corrected chi connectivity index (χ0v) is 10.6. The van der Waals surface area contributed by atoms with Gasteiger partial charge in [0.05, 0.1) is 12.0 Å². The van der Waals surface area contributed by atoms with Crippen LogP contribution in [0.2, 0.25) is 0 Å². The molecule has 0 aromatic heterocycles. The fraction of sp³-hybridized carbons (Fsp3) is 0.917. The Balaban J connectivity index is 2.48. The molecule has 1 heterocycles. The molecule has 0 aromatic carbocycles. The summed E-state index contributed by atoms with van der Waals surface area (Å²) >= 11 is 0. The quantitative estimate of drug-likeness (QED) is 0.763. The average Bonchev–Trinajstić information content (AvgIpc) is 2.76. The highest BCUT2D eigenvalue weighted by molar-refractivity contribution is 5.79. The van der Waals surface area contributed by atoms with Crippen LogP contribution in [0.5, 0.6) is 0 Å². The van der Waals surface area contributed by atoms with E-state index in [9.17, 15) is 4.79 Å². The molecule has 1 aliphatic rings. The molecule has 1 saturated heterocycles. The Bertz CT molecular complexity index is 225. The van der Waals surface area contributed by atoms with Crippen molar-refractivity contribution in [3.8, 4) is 0 Å².